The summed E-state index contributed by atoms with van der Waals surface area (Å²) in [6, 6.07) is 14.2. The summed E-state index contributed by atoms with van der Waals surface area (Å²) in [7, 11) is -3.38. The molecule has 0 aliphatic carbocycles. The van der Waals surface area contributed by atoms with Crippen LogP contribution >= 0.6 is 0 Å². The van der Waals surface area contributed by atoms with Crippen molar-refractivity contribution in [3.63, 3.8) is 0 Å². The van der Waals surface area contributed by atoms with E-state index in [0.29, 0.717) is 13.0 Å². The third kappa shape index (κ3) is 4.41. The first-order chi connectivity index (χ1) is 12.4. The molecule has 1 aliphatic heterocycles. The number of hydrogen-bond donors (Lipinski definition) is 1. The van der Waals surface area contributed by atoms with Crippen molar-refractivity contribution in [2.75, 3.05) is 19.3 Å². The van der Waals surface area contributed by atoms with Gasteiger partial charge in [0.1, 0.15) is 6.10 Å². The molecule has 3 rings (SSSR count). The van der Waals surface area contributed by atoms with E-state index in [4.69, 9.17) is 10.5 Å². The first-order valence-electron chi connectivity index (χ1n) is 8.52. The number of piperidine rings is 1. The maximum atomic E-state index is 14.1. The zero-order valence-corrected chi connectivity index (χ0v) is 15.5. The Hall–Kier alpha value is -1.96. The minimum absolute atomic E-state index is 0.00886. The van der Waals surface area contributed by atoms with Gasteiger partial charge in [-0.05, 0) is 29.7 Å². The zero-order chi connectivity index (χ0) is 18.7. The fraction of sp³-hybridized carbons (Fsp3) is 0.368. The summed E-state index contributed by atoms with van der Waals surface area (Å²) in [5.41, 5.74) is 7.42. The van der Waals surface area contributed by atoms with Crippen LogP contribution in [0.3, 0.4) is 0 Å². The van der Waals surface area contributed by atoms with Gasteiger partial charge in [-0.15, -0.1) is 0 Å². The molecule has 1 heterocycles. The van der Waals surface area contributed by atoms with Crippen LogP contribution in [0, 0.1) is 5.82 Å². The molecule has 1 saturated heterocycles. The Morgan fingerprint density at radius 1 is 1.19 bits per heavy atom. The standard InChI is InChI=1S/C19H23FN2O3S/c1-26(23,24)22-12-16(15-5-3-2-4-6-15)10-17(13-22)25-19-9-14(11-21)7-8-18(19)20/h2-9,16-17H,10-13,21H2,1H3/t16-,17+/m1/s1. The summed E-state index contributed by atoms with van der Waals surface area (Å²) in [4.78, 5) is 0. The van der Waals surface area contributed by atoms with Crippen molar-refractivity contribution in [1.29, 1.82) is 0 Å². The molecule has 26 heavy (non-hydrogen) atoms. The summed E-state index contributed by atoms with van der Waals surface area (Å²) in [5, 5.41) is 0. The number of ether oxygens (including phenoxy) is 1. The molecule has 0 radical (unpaired) electrons. The highest BCUT2D eigenvalue weighted by atomic mass is 32.2. The van der Waals surface area contributed by atoms with Gasteiger partial charge in [0.15, 0.2) is 11.6 Å². The average molecular weight is 378 g/mol. The van der Waals surface area contributed by atoms with E-state index in [1.807, 2.05) is 30.3 Å². The predicted molar refractivity (Wildman–Crippen MR) is 98.9 cm³/mol. The molecule has 5 nitrogen and oxygen atoms in total. The number of hydrogen-bond acceptors (Lipinski definition) is 4. The van der Waals surface area contributed by atoms with E-state index in [2.05, 4.69) is 0 Å². The fourth-order valence-corrected chi connectivity index (χ4v) is 4.17. The number of rotatable bonds is 5. The molecular formula is C19H23FN2O3S. The van der Waals surface area contributed by atoms with Gasteiger partial charge in [-0.3, -0.25) is 0 Å². The summed E-state index contributed by atoms with van der Waals surface area (Å²) >= 11 is 0. The molecule has 140 valence electrons. The molecule has 7 heteroatoms. The maximum Gasteiger partial charge on any atom is 0.211 e. The smallest absolute Gasteiger partial charge is 0.211 e. The quantitative estimate of drug-likeness (QED) is 0.868. The van der Waals surface area contributed by atoms with Crippen LogP contribution in [-0.4, -0.2) is 38.2 Å². The lowest BCUT2D eigenvalue weighted by Gasteiger charge is -2.36. The first-order valence-corrected chi connectivity index (χ1v) is 10.4. The lowest BCUT2D eigenvalue weighted by molar-refractivity contribution is 0.113. The van der Waals surface area contributed by atoms with Crippen LogP contribution < -0.4 is 10.5 Å². The van der Waals surface area contributed by atoms with Crippen molar-refractivity contribution in [3.8, 4) is 5.75 Å². The molecule has 0 aromatic heterocycles. The summed E-state index contributed by atoms with van der Waals surface area (Å²) in [6.45, 7) is 0.881. The molecule has 2 aromatic rings. The van der Waals surface area contributed by atoms with E-state index in [9.17, 15) is 12.8 Å². The molecule has 2 aromatic carbocycles. The second kappa shape index (κ2) is 7.73. The first kappa shape index (κ1) is 18.8. The largest absolute Gasteiger partial charge is 0.486 e. The van der Waals surface area contributed by atoms with Gasteiger partial charge in [-0.25, -0.2) is 12.8 Å². The molecule has 1 aliphatic rings. The van der Waals surface area contributed by atoms with Crippen molar-refractivity contribution >= 4 is 10.0 Å². The average Bonchev–Trinajstić information content (AvgIpc) is 2.63. The van der Waals surface area contributed by atoms with Gasteiger partial charge in [0.25, 0.3) is 0 Å². The van der Waals surface area contributed by atoms with E-state index in [1.165, 1.54) is 16.6 Å². The molecule has 1 fully saturated rings. The number of nitrogens with zero attached hydrogens (tertiary/aromatic N) is 1. The monoisotopic (exact) mass is 378 g/mol. The number of nitrogens with two attached hydrogens (primary N) is 1. The van der Waals surface area contributed by atoms with Gasteiger partial charge in [-0.1, -0.05) is 36.4 Å². The van der Waals surface area contributed by atoms with Gasteiger partial charge < -0.3 is 10.5 Å². The molecule has 0 unspecified atom stereocenters. The van der Waals surface area contributed by atoms with Crippen molar-refractivity contribution in [1.82, 2.24) is 4.31 Å². The number of halogens is 1. The normalized spacial score (nSPS) is 21.5. The molecule has 0 spiro atoms. The van der Waals surface area contributed by atoms with Gasteiger partial charge in [0.05, 0.1) is 12.8 Å². The van der Waals surface area contributed by atoms with Crippen LogP contribution in [0.1, 0.15) is 23.5 Å². The van der Waals surface area contributed by atoms with Crippen LogP contribution in [0.2, 0.25) is 0 Å². The third-order valence-electron chi connectivity index (χ3n) is 4.64. The highest BCUT2D eigenvalue weighted by Crippen LogP contribution is 2.31. The highest BCUT2D eigenvalue weighted by molar-refractivity contribution is 7.88. The van der Waals surface area contributed by atoms with Crippen LogP contribution in [-0.2, 0) is 16.6 Å². The minimum Gasteiger partial charge on any atom is -0.486 e. The lowest BCUT2D eigenvalue weighted by atomic mass is 9.90. The lowest BCUT2D eigenvalue weighted by Crippen LogP contribution is -2.47. The van der Waals surface area contributed by atoms with Gasteiger partial charge in [0, 0.05) is 19.0 Å². The Balaban J connectivity index is 1.86. The van der Waals surface area contributed by atoms with Crippen molar-refractivity contribution in [3.05, 3.63) is 65.5 Å². The van der Waals surface area contributed by atoms with E-state index in [-0.39, 0.29) is 24.8 Å². The third-order valence-corrected chi connectivity index (χ3v) is 5.88. The van der Waals surface area contributed by atoms with E-state index in [0.717, 1.165) is 11.1 Å². The molecule has 0 bridgehead atoms. The molecule has 0 saturated carbocycles. The van der Waals surface area contributed by atoms with Crippen LogP contribution in [0.4, 0.5) is 4.39 Å². The fourth-order valence-electron chi connectivity index (χ4n) is 3.28. The molecule has 2 N–H and O–H groups in total. The Morgan fingerprint density at radius 2 is 1.92 bits per heavy atom. The Morgan fingerprint density at radius 3 is 2.58 bits per heavy atom. The van der Waals surface area contributed by atoms with Crippen LogP contribution in [0.25, 0.3) is 0 Å². The van der Waals surface area contributed by atoms with Crippen molar-refractivity contribution < 1.29 is 17.5 Å². The molecule has 2 atom stereocenters. The van der Waals surface area contributed by atoms with Crippen molar-refractivity contribution in [2.24, 2.45) is 5.73 Å². The zero-order valence-electron chi connectivity index (χ0n) is 14.6. The van der Waals surface area contributed by atoms with Gasteiger partial charge in [-0.2, -0.15) is 4.31 Å². The summed E-state index contributed by atoms with van der Waals surface area (Å²) in [5.74, 6) is -0.375. The van der Waals surface area contributed by atoms with Gasteiger partial charge in [0.2, 0.25) is 10.0 Å². The van der Waals surface area contributed by atoms with Crippen LogP contribution in [0.5, 0.6) is 5.75 Å². The molecular weight excluding hydrogens is 355 g/mol. The number of benzene rings is 2. The Labute approximate surface area is 153 Å². The summed E-state index contributed by atoms with van der Waals surface area (Å²) in [6.07, 6.45) is 1.36. The van der Waals surface area contributed by atoms with Gasteiger partial charge >= 0.3 is 0 Å². The summed E-state index contributed by atoms with van der Waals surface area (Å²) < 4.78 is 45.6. The number of sulfonamides is 1. The predicted octanol–water partition coefficient (Wildman–Crippen LogP) is 2.48. The Kier molecular flexibility index (Phi) is 5.60. The SMILES string of the molecule is CS(=O)(=O)N1C[C@@H](Oc2cc(CN)ccc2F)C[C@@H](c2ccccc2)C1. The van der Waals surface area contributed by atoms with E-state index in [1.54, 1.807) is 12.1 Å². The topological polar surface area (TPSA) is 72.6 Å². The van der Waals surface area contributed by atoms with E-state index >= 15 is 0 Å². The maximum absolute atomic E-state index is 14.1. The van der Waals surface area contributed by atoms with Crippen molar-refractivity contribution in [2.45, 2.75) is 25.0 Å². The molecule has 0 amide bonds. The Bertz CT molecular complexity index is 858. The second-order valence-corrected chi connectivity index (χ2v) is 8.61. The highest BCUT2D eigenvalue weighted by Gasteiger charge is 2.34. The van der Waals surface area contributed by atoms with Crippen LogP contribution in [0.15, 0.2) is 48.5 Å². The minimum atomic E-state index is -3.38. The van der Waals surface area contributed by atoms with E-state index < -0.39 is 21.9 Å². The second-order valence-electron chi connectivity index (χ2n) is 6.63.